The molecule has 0 aliphatic carbocycles. The van der Waals surface area contributed by atoms with Crippen molar-refractivity contribution >= 4 is 10.9 Å². The highest BCUT2D eigenvalue weighted by Gasteiger charge is 2.36. The Kier molecular flexibility index (Phi) is 3.31. The van der Waals surface area contributed by atoms with Crippen molar-refractivity contribution in [3.05, 3.63) is 54.0 Å². The molecule has 2 aromatic heterocycles. The maximum atomic E-state index is 6.00. The van der Waals surface area contributed by atoms with Gasteiger partial charge in [-0.05, 0) is 24.1 Å². The van der Waals surface area contributed by atoms with Crippen molar-refractivity contribution in [1.29, 1.82) is 0 Å². The first-order chi connectivity index (χ1) is 11.9. The summed E-state index contributed by atoms with van der Waals surface area (Å²) in [7, 11) is 0. The van der Waals surface area contributed by atoms with Gasteiger partial charge in [0.15, 0.2) is 0 Å². The standard InChI is InChI=1S/C18H19N5O/c1-3-13(15-4-2-7-19-16(15)5-1)10-22-8-6-18-17(11-22)23-14(12-24-18)9-20-21-23/h1-5,7,9,17-18H,6,8,10-12H2/t17-,18-/m0/s1. The van der Waals surface area contributed by atoms with Gasteiger partial charge in [0.1, 0.15) is 0 Å². The van der Waals surface area contributed by atoms with Crippen LogP contribution in [0.3, 0.4) is 0 Å². The van der Waals surface area contributed by atoms with Crippen LogP contribution in [0.5, 0.6) is 0 Å². The molecule has 1 fully saturated rings. The van der Waals surface area contributed by atoms with E-state index in [1.54, 1.807) is 0 Å². The maximum absolute atomic E-state index is 6.00. The molecule has 2 aliphatic heterocycles. The number of piperidine rings is 1. The largest absolute Gasteiger partial charge is 0.370 e. The predicted octanol–water partition coefficient (Wildman–Crippen LogP) is 2.17. The van der Waals surface area contributed by atoms with E-state index in [1.165, 1.54) is 10.9 Å². The van der Waals surface area contributed by atoms with Crippen LogP contribution >= 0.6 is 0 Å². The van der Waals surface area contributed by atoms with Crippen molar-refractivity contribution in [1.82, 2.24) is 24.9 Å². The molecule has 6 nitrogen and oxygen atoms in total. The Labute approximate surface area is 140 Å². The Bertz CT molecular complexity index is 871. The molecule has 6 heteroatoms. The Hall–Kier alpha value is -2.31. The first-order valence-electron chi connectivity index (χ1n) is 8.44. The number of likely N-dealkylation sites (tertiary alicyclic amines) is 1. The number of fused-ring (bicyclic) bond motifs is 4. The first kappa shape index (κ1) is 14.1. The van der Waals surface area contributed by atoms with Gasteiger partial charge in [-0.1, -0.05) is 23.4 Å². The molecule has 2 atom stereocenters. The molecule has 1 aromatic carbocycles. The summed E-state index contributed by atoms with van der Waals surface area (Å²) in [4.78, 5) is 6.95. The van der Waals surface area contributed by atoms with Crippen molar-refractivity contribution in [3.63, 3.8) is 0 Å². The Balaban J connectivity index is 1.41. The van der Waals surface area contributed by atoms with Gasteiger partial charge in [0.05, 0.1) is 36.2 Å². The van der Waals surface area contributed by atoms with Gasteiger partial charge in [-0.3, -0.25) is 9.88 Å². The number of benzene rings is 1. The van der Waals surface area contributed by atoms with E-state index in [9.17, 15) is 0 Å². The second-order valence-electron chi connectivity index (χ2n) is 6.60. The molecule has 3 aromatic rings. The Morgan fingerprint density at radius 3 is 3.21 bits per heavy atom. The minimum atomic E-state index is 0.254. The number of nitrogens with zero attached hydrogens (tertiary/aromatic N) is 5. The number of hydrogen-bond donors (Lipinski definition) is 0. The van der Waals surface area contributed by atoms with Crippen LogP contribution in [0.4, 0.5) is 0 Å². The zero-order valence-corrected chi connectivity index (χ0v) is 13.4. The van der Waals surface area contributed by atoms with Gasteiger partial charge in [-0.15, -0.1) is 5.10 Å². The number of aromatic nitrogens is 4. The average Bonchev–Trinajstić information content (AvgIpc) is 3.11. The molecule has 5 rings (SSSR count). The van der Waals surface area contributed by atoms with E-state index in [4.69, 9.17) is 4.74 Å². The van der Waals surface area contributed by atoms with Crippen molar-refractivity contribution in [2.45, 2.75) is 31.7 Å². The molecule has 4 heterocycles. The van der Waals surface area contributed by atoms with E-state index >= 15 is 0 Å². The minimum absolute atomic E-state index is 0.254. The number of pyridine rings is 1. The molecule has 0 saturated carbocycles. The van der Waals surface area contributed by atoms with Gasteiger partial charge >= 0.3 is 0 Å². The molecule has 0 spiro atoms. The summed E-state index contributed by atoms with van der Waals surface area (Å²) in [5.41, 5.74) is 3.46. The third kappa shape index (κ3) is 2.30. The highest BCUT2D eigenvalue weighted by Crippen LogP contribution is 2.31. The van der Waals surface area contributed by atoms with Crippen molar-refractivity contribution < 1.29 is 4.74 Å². The molecular weight excluding hydrogens is 302 g/mol. The topological polar surface area (TPSA) is 56.1 Å². The van der Waals surface area contributed by atoms with Gasteiger partial charge < -0.3 is 4.74 Å². The number of hydrogen-bond acceptors (Lipinski definition) is 5. The van der Waals surface area contributed by atoms with Crippen LogP contribution in [0.15, 0.2) is 42.7 Å². The number of rotatable bonds is 2. The van der Waals surface area contributed by atoms with E-state index in [0.29, 0.717) is 6.61 Å². The second kappa shape index (κ2) is 5.65. The third-order valence-electron chi connectivity index (χ3n) is 5.14. The van der Waals surface area contributed by atoms with Crippen LogP contribution in [0.25, 0.3) is 10.9 Å². The Morgan fingerprint density at radius 1 is 1.21 bits per heavy atom. The van der Waals surface area contributed by atoms with E-state index in [2.05, 4.69) is 49.1 Å². The van der Waals surface area contributed by atoms with Crippen LogP contribution in [0.1, 0.15) is 23.7 Å². The number of ether oxygens (including phenoxy) is 1. The van der Waals surface area contributed by atoms with Gasteiger partial charge in [0.2, 0.25) is 0 Å². The Morgan fingerprint density at radius 2 is 2.21 bits per heavy atom. The van der Waals surface area contributed by atoms with Crippen LogP contribution < -0.4 is 0 Å². The lowest BCUT2D eigenvalue weighted by molar-refractivity contribution is -0.0669. The molecular formula is C18H19N5O. The summed E-state index contributed by atoms with van der Waals surface area (Å²) >= 11 is 0. The van der Waals surface area contributed by atoms with Gasteiger partial charge in [0.25, 0.3) is 0 Å². The van der Waals surface area contributed by atoms with Crippen LogP contribution in [-0.4, -0.2) is 44.1 Å². The fourth-order valence-corrected chi connectivity index (χ4v) is 3.93. The third-order valence-corrected chi connectivity index (χ3v) is 5.14. The molecule has 1 saturated heterocycles. The fraction of sp³-hybridized carbons (Fsp3) is 0.389. The average molecular weight is 321 g/mol. The lowest BCUT2D eigenvalue weighted by Crippen LogP contribution is -2.47. The summed E-state index contributed by atoms with van der Waals surface area (Å²) in [6.45, 7) is 3.54. The SMILES string of the molecule is c1cc(CN2CC[C@@H]3OCc4cnnn4[C@H]3C2)c2cccnc2c1. The predicted molar refractivity (Wildman–Crippen MR) is 89.3 cm³/mol. The summed E-state index contributed by atoms with van der Waals surface area (Å²) in [6.07, 6.45) is 4.95. The van der Waals surface area contributed by atoms with E-state index in [0.717, 1.165) is 37.3 Å². The zero-order valence-electron chi connectivity index (χ0n) is 13.4. The van der Waals surface area contributed by atoms with Crippen molar-refractivity contribution in [3.8, 4) is 0 Å². The first-order valence-corrected chi connectivity index (χ1v) is 8.44. The summed E-state index contributed by atoms with van der Waals surface area (Å²) < 4.78 is 8.06. The molecule has 122 valence electrons. The molecule has 2 aliphatic rings. The highest BCUT2D eigenvalue weighted by atomic mass is 16.5. The quantitative estimate of drug-likeness (QED) is 0.724. The molecule has 0 unspecified atom stereocenters. The van der Waals surface area contributed by atoms with Crippen molar-refractivity contribution in [2.75, 3.05) is 13.1 Å². The van der Waals surface area contributed by atoms with Gasteiger partial charge in [-0.25, -0.2) is 4.68 Å². The van der Waals surface area contributed by atoms with Crippen LogP contribution in [0.2, 0.25) is 0 Å². The van der Waals surface area contributed by atoms with E-state index in [-0.39, 0.29) is 12.1 Å². The summed E-state index contributed by atoms with van der Waals surface area (Å²) in [6, 6.07) is 10.8. The molecule has 24 heavy (non-hydrogen) atoms. The van der Waals surface area contributed by atoms with Crippen LogP contribution in [-0.2, 0) is 17.9 Å². The summed E-state index contributed by atoms with van der Waals surface area (Å²) in [5.74, 6) is 0. The van der Waals surface area contributed by atoms with Gasteiger partial charge in [-0.2, -0.15) is 0 Å². The second-order valence-corrected chi connectivity index (χ2v) is 6.60. The smallest absolute Gasteiger partial charge is 0.0930 e. The molecule has 0 N–H and O–H groups in total. The normalized spacial score (nSPS) is 23.8. The maximum Gasteiger partial charge on any atom is 0.0930 e. The molecule has 0 amide bonds. The zero-order chi connectivity index (χ0) is 15.9. The van der Waals surface area contributed by atoms with E-state index < -0.39 is 0 Å². The van der Waals surface area contributed by atoms with E-state index in [1.807, 2.05) is 18.5 Å². The van der Waals surface area contributed by atoms with Crippen molar-refractivity contribution in [2.24, 2.45) is 0 Å². The fourth-order valence-electron chi connectivity index (χ4n) is 3.93. The highest BCUT2D eigenvalue weighted by molar-refractivity contribution is 5.81. The monoisotopic (exact) mass is 321 g/mol. The lowest BCUT2D eigenvalue weighted by atomic mass is 9.99. The molecule has 0 radical (unpaired) electrons. The van der Waals surface area contributed by atoms with Gasteiger partial charge in [0, 0.05) is 31.2 Å². The van der Waals surface area contributed by atoms with Crippen LogP contribution in [0, 0.1) is 0 Å². The lowest BCUT2D eigenvalue weighted by Gasteiger charge is -2.41. The summed E-state index contributed by atoms with van der Waals surface area (Å²) in [5, 5.41) is 9.57. The molecule has 0 bridgehead atoms. The minimum Gasteiger partial charge on any atom is -0.370 e.